The van der Waals surface area contributed by atoms with Crippen molar-refractivity contribution in [2.45, 2.75) is 12.2 Å². The highest BCUT2D eigenvalue weighted by atomic mass is 79.9. The number of hydrogen-bond donors (Lipinski definition) is 2. The molecule has 0 fully saturated rings. The molecule has 0 aliphatic carbocycles. The molecule has 0 amide bonds. The standard InChI is InChI=1S/C17H18BrFN2S2/c18-14-4-8-16(9-5-14)21-17(22)20-10-1-11-23-12-13-2-6-15(19)7-3-13/h2-9H,1,10-12H2,(H2,20,21,22). The van der Waals surface area contributed by atoms with Crippen LogP contribution in [0.5, 0.6) is 0 Å². The van der Waals surface area contributed by atoms with Gasteiger partial charge in [0.25, 0.3) is 0 Å². The summed E-state index contributed by atoms with van der Waals surface area (Å²) >= 11 is 10.5. The summed E-state index contributed by atoms with van der Waals surface area (Å²) in [5, 5.41) is 6.98. The summed E-state index contributed by atoms with van der Waals surface area (Å²) in [5.41, 5.74) is 2.12. The molecule has 0 spiro atoms. The van der Waals surface area contributed by atoms with Crippen LogP contribution in [-0.4, -0.2) is 17.4 Å². The second-order valence-electron chi connectivity index (χ2n) is 4.92. The van der Waals surface area contributed by atoms with Gasteiger partial charge in [0.15, 0.2) is 5.11 Å². The van der Waals surface area contributed by atoms with Gasteiger partial charge in [-0.3, -0.25) is 0 Å². The normalized spacial score (nSPS) is 10.3. The molecule has 0 atom stereocenters. The summed E-state index contributed by atoms with van der Waals surface area (Å²) < 4.78 is 13.8. The van der Waals surface area contributed by atoms with Crippen molar-refractivity contribution < 1.29 is 4.39 Å². The summed E-state index contributed by atoms with van der Waals surface area (Å²) in [4.78, 5) is 0. The van der Waals surface area contributed by atoms with Gasteiger partial charge >= 0.3 is 0 Å². The Morgan fingerprint density at radius 3 is 2.48 bits per heavy atom. The van der Waals surface area contributed by atoms with E-state index in [-0.39, 0.29) is 5.82 Å². The largest absolute Gasteiger partial charge is 0.362 e. The monoisotopic (exact) mass is 412 g/mol. The van der Waals surface area contributed by atoms with Crippen molar-refractivity contribution in [3.63, 3.8) is 0 Å². The predicted octanol–water partition coefficient (Wildman–Crippen LogP) is 5.20. The SMILES string of the molecule is Fc1ccc(CSCCCNC(=S)Nc2ccc(Br)cc2)cc1. The van der Waals surface area contributed by atoms with Crippen LogP contribution in [0.25, 0.3) is 0 Å². The van der Waals surface area contributed by atoms with Crippen molar-refractivity contribution in [3.8, 4) is 0 Å². The molecule has 0 radical (unpaired) electrons. The third kappa shape index (κ3) is 7.33. The Labute approximate surface area is 154 Å². The zero-order valence-electron chi connectivity index (χ0n) is 12.5. The number of benzene rings is 2. The van der Waals surface area contributed by atoms with E-state index in [9.17, 15) is 4.39 Å². The van der Waals surface area contributed by atoms with Gasteiger partial charge in [0.05, 0.1) is 0 Å². The first-order valence-electron chi connectivity index (χ1n) is 7.26. The highest BCUT2D eigenvalue weighted by molar-refractivity contribution is 9.10. The van der Waals surface area contributed by atoms with Crippen LogP contribution in [0.3, 0.4) is 0 Å². The quantitative estimate of drug-likeness (QED) is 0.482. The van der Waals surface area contributed by atoms with E-state index in [2.05, 4.69) is 26.6 Å². The molecule has 0 aromatic heterocycles. The fraction of sp³-hybridized carbons (Fsp3) is 0.235. The average Bonchev–Trinajstić information content (AvgIpc) is 2.54. The van der Waals surface area contributed by atoms with E-state index >= 15 is 0 Å². The van der Waals surface area contributed by atoms with Crippen molar-refractivity contribution in [2.24, 2.45) is 0 Å². The smallest absolute Gasteiger partial charge is 0.170 e. The van der Waals surface area contributed by atoms with Crippen LogP contribution in [0.4, 0.5) is 10.1 Å². The topological polar surface area (TPSA) is 24.1 Å². The van der Waals surface area contributed by atoms with Crippen LogP contribution < -0.4 is 10.6 Å². The Hall–Kier alpha value is -1.11. The number of nitrogens with one attached hydrogen (secondary N) is 2. The Kier molecular flexibility index (Phi) is 7.85. The first-order valence-corrected chi connectivity index (χ1v) is 9.62. The average molecular weight is 413 g/mol. The van der Waals surface area contributed by atoms with Gasteiger partial charge in [-0.1, -0.05) is 28.1 Å². The van der Waals surface area contributed by atoms with Gasteiger partial charge in [0, 0.05) is 22.5 Å². The van der Waals surface area contributed by atoms with Crippen LogP contribution in [0, 0.1) is 5.82 Å². The van der Waals surface area contributed by atoms with Gasteiger partial charge in [-0.25, -0.2) is 4.39 Å². The van der Waals surface area contributed by atoms with Gasteiger partial charge in [-0.15, -0.1) is 0 Å². The summed E-state index contributed by atoms with van der Waals surface area (Å²) in [5.74, 6) is 1.75. The highest BCUT2D eigenvalue weighted by Gasteiger charge is 1.98. The van der Waals surface area contributed by atoms with E-state index in [1.165, 1.54) is 12.1 Å². The Balaban J connectivity index is 1.55. The molecule has 0 aliphatic rings. The first kappa shape index (κ1) is 18.2. The minimum Gasteiger partial charge on any atom is -0.362 e. The molecule has 6 heteroatoms. The number of thioether (sulfide) groups is 1. The maximum absolute atomic E-state index is 12.8. The van der Waals surface area contributed by atoms with Gasteiger partial charge in [-0.05, 0) is 66.4 Å². The van der Waals surface area contributed by atoms with E-state index < -0.39 is 0 Å². The van der Waals surface area contributed by atoms with Crippen LogP contribution in [-0.2, 0) is 5.75 Å². The van der Waals surface area contributed by atoms with Gasteiger partial charge < -0.3 is 10.6 Å². The van der Waals surface area contributed by atoms with Crippen LogP contribution in [0.1, 0.15) is 12.0 Å². The molecule has 0 unspecified atom stereocenters. The number of rotatable bonds is 7. The maximum Gasteiger partial charge on any atom is 0.170 e. The second kappa shape index (κ2) is 9.90. The van der Waals surface area contributed by atoms with Crippen molar-refractivity contribution >= 4 is 50.7 Å². The van der Waals surface area contributed by atoms with Gasteiger partial charge in [0.2, 0.25) is 0 Å². The zero-order chi connectivity index (χ0) is 16.5. The minimum absolute atomic E-state index is 0.185. The van der Waals surface area contributed by atoms with E-state index in [0.717, 1.165) is 40.2 Å². The Bertz CT molecular complexity index is 617. The molecule has 2 nitrogen and oxygen atoms in total. The fourth-order valence-corrected chi connectivity index (χ4v) is 3.26. The lowest BCUT2D eigenvalue weighted by Crippen LogP contribution is -2.29. The first-order chi connectivity index (χ1) is 11.1. The molecule has 0 aliphatic heterocycles. The van der Waals surface area contributed by atoms with E-state index in [1.807, 2.05) is 48.2 Å². The fourth-order valence-electron chi connectivity index (χ4n) is 1.86. The lowest BCUT2D eigenvalue weighted by atomic mass is 10.2. The zero-order valence-corrected chi connectivity index (χ0v) is 15.7. The van der Waals surface area contributed by atoms with E-state index in [4.69, 9.17) is 12.2 Å². The lowest BCUT2D eigenvalue weighted by molar-refractivity contribution is 0.627. The van der Waals surface area contributed by atoms with Crippen LogP contribution >= 0.6 is 39.9 Å². The van der Waals surface area contributed by atoms with Gasteiger partial charge in [0.1, 0.15) is 5.82 Å². The molecular weight excluding hydrogens is 395 g/mol. The number of anilines is 1. The summed E-state index contributed by atoms with van der Waals surface area (Å²) in [6.07, 6.45) is 1.02. The third-order valence-electron chi connectivity index (χ3n) is 3.04. The number of hydrogen-bond acceptors (Lipinski definition) is 2. The van der Waals surface area contributed by atoms with Crippen molar-refractivity contribution in [1.29, 1.82) is 0 Å². The van der Waals surface area contributed by atoms with Crippen molar-refractivity contribution in [3.05, 3.63) is 64.4 Å². The Morgan fingerprint density at radius 1 is 1.09 bits per heavy atom. The van der Waals surface area contributed by atoms with Crippen LogP contribution in [0.15, 0.2) is 53.0 Å². The molecule has 2 aromatic carbocycles. The number of halogens is 2. The molecule has 2 aromatic rings. The number of thiocarbonyl (C=S) groups is 1. The summed E-state index contributed by atoms with van der Waals surface area (Å²) in [6, 6.07) is 14.5. The molecule has 2 N–H and O–H groups in total. The Morgan fingerprint density at radius 2 is 1.78 bits per heavy atom. The highest BCUT2D eigenvalue weighted by Crippen LogP contribution is 2.14. The van der Waals surface area contributed by atoms with Crippen LogP contribution in [0.2, 0.25) is 0 Å². The minimum atomic E-state index is -0.185. The van der Waals surface area contributed by atoms with Crippen molar-refractivity contribution in [1.82, 2.24) is 5.32 Å². The molecule has 23 heavy (non-hydrogen) atoms. The molecular formula is C17H18BrFN2S2. The van der Waals surface area contributed by atoms with E-state index in [1.54, 1.807) is 0 Å². The summed E-state index contributed by atoms with van der Waals surface area (Å²) in [7, 11) is 0. The molecule has 122 valence electrons. The van der Waals surface area contributed by atoms with Crippen molar-refractivity contribution in [2.75, 3.05) is 17.6 Å². The predicted molar refractivity (Wildman–Crippen MR) is 106 cm³/mol. The summed E-state index contributed by atoms with van der Waals surface area (Å²) in [6.45, 7) is 0.832. The van der Waals surface area contributed by atoms with Gasteiger partial charge in [-0.2, -0.15) is 11.8 Å². The second-order valence-corrected chi connectivity index (χ2v) is 7.35. The molecule has 0 saturated carbocycles. The van der Waals surface area contributed by atoms with E-state index in [0.29, 0.717) is 5.11 Å². The molecule has 0 heterocycles. The molecule has 2 rings (SSSR count). The molecule has 0 bridgehead atoms. The lowest BCUT2D eigenvalue weighted by Gasteiger charge is -2.10. The maximum atomic E-state index is 12.8. The third-order valence-corrected chi connectivity index (χ3v) is 4.92. The molecule has 0 saturated heterocycles.